The van der Waals surface area contributed by atoms with Crippen molar-refractivity contribution < 1.29 is 33.4 Å². The van der Waals surface area contributed by atoms with E-state index in [2.05, 4.69) is 51.3 Å². The molecule has 0 fully saturated rings. The molecule has 9 heteroatoms. The van der Waals surface area contributed by atoms with Gasteiger partial charge >= 0.3 is 5.97 Å². The molecule has 0 spiro atoms. The number of methoxy groups -OCH3 is 2. The SMILES string of the molecule is COc1cc([C@@H](O[Si](C)(C)C(C)(C)C)[C@@H](CCCc2ccccc2)CC(=O)NCC(=O)C(C)C(=O)O)cc(OC)c1C. The zero-order valence-corrected chi connectivity index (χ0v) is 27.7. The normalized spacial score (nSPS) is 14.0. The number of carboxylic acid groups (broad SMARTS) is 1. The molecule has 0 aliphatic heterocycles. The van der Waals surface area contributed by atoms with Crippen LogP contribution in [-0.2, 0) is 25.2 Å². The van der Waals surface area contributed by atoms with Crippen molar-refractivity contribution in [2.75, 3.05) is 20.8 Å². The first kappa shape index (κ1) is 35.0. The molecule has 2 N–H and O–H groups in total. The Kier molecular flexibility index (Phi) is 12.8. The molecule has 0 saturated carbocycles. The number of amides is 1. The van der Waals surface area contributed by atoms with Gasteiger partial charge in [-0.25, -0.2) is 0 Å². The van der Waals surface area contributed by atoms with Crippen LogP contribution in [0.4, 0.5) is 0 Å². The molecular weight excluding hydrogens is 550 g/mol. The molecule has 0 heterocycles. The fraction of sp³-hybridized carbons (Fsp3) is 0.545. The van der Waals surface area contributed by atoms with Crippen LogP contribution in [0.1, 0.15) is 69.8 Å². The molecule has 0 aliphatic rings. The molecular formula is C33H49NO7Si. The van der Waals surface area contributed by atoms with Gasteiger partial charge in [-0.3, -0.25) is 14.4 Å². The van der Waals surface area contributed by atoms with Crippen LogP contribution in [-0.4, -0.2) is 51.8 Å². The predicted molar refractivity (Wildman–Crippen MR) is 168 cm³/mol. The molecule has 8 nitrogen and oxygen atoms in total. The Bertz CT molecular complexity index is 1180. The summed E-state index contributed by atoms with van der Waals surface area (Å²) in [6.45, 7) is 13.8. The van der Waals surface area contributed by atoms with Crippen molar-refractivity contribution >= 4 is 26.0 Å². The largest absolute Gasteiger partial charge is 0.496 e. The summed E-state index contributed by atoms with van der Waals surface area (Å²) in [4.78, 5) is 36.8. The monoisotopic (exact) mass is 599 g/mol. The van der Waals surface area contributed by atoms with Crippen molar-refractivity contribution in [2.45, 2.75) is 84.5 Å². The summed E-state index contributed by atoms with van der Waals surface area (Å²) >= 11 is 0. The molecule has 1 unspecified atom stereocenters. The highest BCUT2D eigenvalue weighted by Gasteiger charge is 2.42. The van der Waals surface area contributed by atoms with E-state index in [0.29, 0.717) is 17.9 Å². The topological polar surface area (TPSA) is 111 Å². The van der Waals surface area contributed by atoms with Crippen molar-refractivity contribution in [3.63, 3.8) is 0 Å². The fourth-order valence-corrected chi connectivity index (χ4v) is 5.88. The van der Waals surface area contributed by atoms with Crippen LogP contribution in [0.25, 0.3) is 0 Å². The third-order valence-electron chi connectivity index (χ3n) is 8.40. The second-order valence-electron chi connectivity index (χ2n) is 12.5. The number of hydrogen-bond donors (Lipinski definition) is 2. The maximum absolute atomic E-state index is 13.3. The standard InChI is InChI=1S/C33H49NO7Si/c1-22(32(37)38)27(35)21-34-30(36)20-25(17-13-16-24-14-11-10-12-15-24)31(41-42(8,9)33(3,4)5)26-18-28(39-6)23(2)29(19-26)40-7/h10-12,14-15,18-19,22,25,31H,13,16-17,20-21H2,1-9H3,(H,34,36)(H,37,38)/t22?,25-,31-/m0/s1. The highest BCUT2D eigenvalue weighted by molar-refractivity contribution is 6.74. The average molecular weight is 600 g/mol. The van der Waals surface area contributed by atoms with Crippen molar-refractivity contribution in [2.24, 2.45) is 11.8 Å². The van der Waals surface area contributed by atoms with E-state index in [1.165, 1.54) is 12.5 Å². The van der Waals surface area contributed by atoms with E-state index in [9.17, 15) is 14.4 Å². The van der Waals surface area contributed by atoms with Gasteiger partial charge in [0.1, 0.15) is 17.4 Å². The van der Waals surface area contributed by atoms with Gasteiger partial charge in [0.05, 0.1) is 26.9 Å². The maximum atomic E-state index is 13.3. The van der Waals surface area contributed by atoms with Gasteiger partial charge in [-0.1, -0.05) is 51.1 Å². The van der Waals surface area contributed by atoms with Crippen LogP contribution in [0.15, 0.2) is 42.5 Å². The fourth-order valence-electron chi connectivity index (χ4n) is 4.56. The number of ketones is 1. The summed E-state index contributed by atoms with van der Waals surface area (Å²) < 4.78 is 18.5. The zero-order valence-electron chi connectivity index (χ0n) is 26.7. The van der Waals surface area contributed by atoms with E-state index >= 15 is 0 Å². The molecule has 2 rings (SSSR count). The maximum Gasteiger partial charge on any atom is 0.313 e. The van der Waals surface area contributed by atoms with Crippen molar-refractivity contribution in [1.82, 2.24) is 5.32 Å². The third kappa shape index (κ3) is 9.69. The lowest BCUT2D eigenvalue weighted by Gasteiger charge is -2.42. The predicted octanol–water partition coefficient (Wildman–Crippen LogP) is 6.51. The lowest BCUT2D eigenvalue weighted by atomic mass is 9.87. The molecule has 1 amide bonds. The lowest BCUT2D eigenvalue weighted by molar-refractivity contribution is -0.145. The molecule has 2 aromatic carbocycles. The summed E-state index contributed by atoms with van der Waals surface area (Å²) in [6, 6.07) is 14.1. The Hall–Kier alpha value is -3.17. The molecule has 232 valence electrons. The molecule has 42 heavy (non-hydrogen) atoms. The van der Waals surface area contributed by atoms with E-state index in [4.69, 9.17) is 19.0 Å². The number of nitrogens with one attached hydrogen (secondary N) is 1. The summed E-state index contributed by atoms with van der Waals surface area (Å²) in [5, 5.41) is 11.7. The van der Waals surface area contributed by atoms with Crippen molar-refractivity contribution in [3.8, 4) is 11.5 Å². The van der Waals surface area contributed by atoms with Crippen LogP contribution in [0.5, 0.6) is 11.5 Å². The highest BCUT2D eigenvalue weighted by atomic mass is 28.4. The first-order chi connectivity index (χ1) is 19.6. The van der Waals surface area contributed by atoms with Gasteiger partial charge in [0.2, 0.25) is 5.91 Å². The van der Waals surface area contributed by atoms with E-state index in [1.807, 2.05) is 37.3 Å². The first-order valence-corrected chi connectivity index (χ1v) is 17.5. The number of ether oxygens (including phenoxy) is 2. The number of carbonyl (C=O) groups is 3. The number of aliphatic carboxylic acids is 1. The van der Waals surface area contributed by atoms with Gasteiger partial charge < -0.3 is 24.3 Å². The summed E-state index contributed by atoms with van der Waals surface area (Å²) in [5.74, 6) is -2.14. The van der Waals surface area contributed by atoms with Crippen LogP contribution >= 0.6 is 0 Å². The van der Waals surface area contributed by atoms with Crippen LogP contribution in [0.2, 0.25) is 18.1 Å². The third-order valence-corrected chi connectivity index (χ3v) is 12.9. The molecule has 0 aliphatic carbocycles. The molecule has 2 aromatic rings. The van der Waals surface area contributed by atoms with E-state index in [0.717, 1.165) is 24.0 Å². The Labute approximate surface area is 252 Å². The molecule has 0 saturated heterocycles. The summed E-state index contributed by atoms with van der Waals surface area (Å²) in [6.07, 6.45) is 2.04. The van der Waals surface area contributed by atoms with Gasteiger partial charge in [-0.15, -0.1) is 0 Å². The number of hydrogen-bond acceptors (Lipinski definition) is 6. The van der Waals surface area contributed by atoms with E-state index in [-0.39, 0.29) is 29.8 Å². The average Bonchev–Trinajstić information content (AvgIpc) is 2.93. The van der Waals surface area contributed by atoms with Crippen LogP contribution in [0, 0.1) is 18.8 Å². The van der Waals surface area contributed by atoms with Gasteiger partial charge in [0.15, 0.2) is 14.1 Å². The minimum absolute atomic E-state index is 0.0830. The van der Waals surface area contributed by atoms with E-state index < -0.39 is 32.1 Å². The van der Waals surface area contributed by atoms with Crippen molar-refractivity contribution in [1.29, 1.82) is 0 Å². The lowest BCUT2D eigenvalue weighted by Crippen LogP contribution is -2.44. The minimum Gasteiger partial charge on any atom is -0.496 e. The van der Waals surface area contributed by atoms with Gasteiger partial charge in [-0.05, 0) is 80.4 Å². The van der Waals surface area contributed by atoms with Crippen LogP contribution in [0.3, 0.4) is 0 Å². The highest BCUT2D eigenvalue weighted by Crippen LogP contribution is 2.45. The Morgan fingerprint density at radius 1 is 1.00 bits per heavy atom. The Morgan fingerprint density at radius 2 is 1.57 bits per heavy atom. The number of carboxylic acids is 1. The first-order valence-electron chi connectivity index (χ1n) is 14.6. The van der Waals surface area contributed by atoms with Gasteiger partial charge in [-0.2, -0.15) is 0 Å². The van der Waals surface area contributed by atoms with Gasteiger partial charge in [0, 0.05) is 12.0 Å². The van der Waals surface area contributed by atoms with Crippen molar-refractivity contribution in [3.05, 3.63) is 59.2 Å². The Morgan fingerprint density at radius 3 is 2.07 bits per heavy atom. The smallest absolute Gasteiger partial charge is 0.313 e. The number of rotatable bonds is 16. The Balaban J connectivity index is 2.49. The molecule has 0 radical (unpaired) electrons. The van der Waals surface area contributed by atoms with Gasteiger partial charge in [0.25, 0.3) is 0 Å². The molecule has 0 aromatic heterocycles. The second-order valence-corrected chi connectivity index (χ2v) is 17.3. The quantitative estimate of drug-likeness (QED) is 0.167. The number of aryl methyl sites for hydroxylation is 1. The summed E-state index contributed by atoms with van der Waals surface area (Å²) in [7, 11) is 0.907. The minimum atomic E-state index is -2.33. The number of carbonyl (C=O) groups excluding carboxylic acids is 2. The number of benzene rings is 2. The second kappa shape index (κ2) is 15.3. The van der Waals surface area contributed by atoms with Crippen LogP contribution < -0.4 is 14.8 Å². The number of Topliss-reactive ketones (excluding diaryl/α,β-unsaturated/α-hetero) is 1. The van der Waals surface area contributed by atoms with E-state index in [1.54, 1.807) is 14.2 Å². The molecule has 3 atom stereocenters. The molecule has 0 bridgehead atoms. The zero-order chi connectivity index (χ0) is 31.7. The summed E-state index contributed by atoms with van der Waals surface area (Å²) in [5.41, 5.74) is 2.96.